The molecule has 0 aromatic heterocycles. The third kappa shape index (κ3) is 7.62. The van der Waals surface area contributed by atoms with Gasteiger partial charge in [0.15, 0.2) is 0 Å². The molecule has 2 aromatic carbocycles. The Morgan fingerprint density at radius 3 is 1.88 bits per heavy atom. The Kier molecular flexibility index (Phi) is 10.1. The SMILES string of the molecule is Cl.NC(CO)(CO)CCc1ccc(OCCCOc2ccccc2)cc1. The number of rotatable bonds is 11. The first-order valence-electron chi connectivity index (χ1n) is 8.55. The van der Waals surface area contributed by atoms with Crippen LogP contribution in [-0.2, 0) is 6.42 Å². The van der Waals surface area contributed by atoms with E-state index in [-0.39, 0.29) is 25.6 Å². The highest BCUT2D eigenvalue weighted by Gasteiger charge is 2.22. The number of nitrogens with two attached hydrogens (primary N) is 1. The van der Waals surface area contributed by atoms with Gasteiger partial charge in [-0.1, -0.05) is 30.3 Å². The van der Waals surface area contributed by atoms with Gasteiger partial charge in [0, 0.05) is 6.42 Å². The lowest BCUT2D eigenvalue weighted by molar-refractivity contribution is 0.115. The maximum atomic E-state index is 9.21. The van der Waals surface area contributed by atoms with Gasteiger partial charge < -0.3 is 25.4 Å². The Balaban J connectivity index is 0.00000338. The van der Waals surface area contributed by atoms with Crippen LogP contribution in [-0.4, -0.2) is 42.2 Å². The number of halogens is 1. The molecule has 0 aliphatic rings. The zero-order chi connectivity index (χ0) is 18.0. The van der Waals surface area contributed by atoms with Crippen molar-refractivity contribution in [3.8, 4) is 11.5 Å². The van der Waals surface area contributed by atoms with Crippen molar-refractivity contribution in [1.82, 2.24) is 0 Å². The van der Waals surface area contributed by atoms with E-state index < -0.39 is 5.54 Å². The highest BCUT2D eigenvalue weighted by atomic mass is 35.5. The van der Waals surface area contributed by atoms with E-state index in [1.165, 1.54) is 0 Å². The number of aryl methyl sites for hydroxylation is 1. The highest BCUT2D eigenvalue weighted by molar-refractivity contribution is 5.85. The van der Waals surface area contributed by atoms with Crippen LogP contribution in [0.3, 0.4) is 0 Å². The van der Waals surface area contributed by atoms with E-state index in [1.54, 1.807) is 0 Å². The molecular formula is C20H28ClNO4. The van der Waals surface area contributed by atoms with E-state index in [4.69, 9.17) is 15.2 Å². The molecule has 0 spiro atoms. The van der Waals surface area contributed by atoms with Crippen LogP contribution in [0.2, 0.25) is 0 Å². The van der Waals surface area contributed by atoms with Crippen molar-refractivity contribution < 1.29 is 19.7 Å². The zero-order valence-electron chi connectivity index (χ0n) is 14.8. The summed E-state index contributed by atoms with van der Waals surface area (Å²) in [6, 6.07) is 17.5. The van der Waals surface area contributed by atoms with Gasteiger partial charge in [-0.05, 0) is 42.7 Å². The van der Waals surface area contributed by atoms with Crippen molar-refractivity contribution in [3.63, 3.8) is 0 Å². The van der Waals surface area contributed by atoms with Gasteiger partial charge in [-0.15, -0.1) is 12.4 Å². The van der Waals surface area contributed by atoms with Crippen molar-refractivity contribution in [1.29, 1.82) is 0 Å². The Labute approximate surface area is 161 Å². The lowest BCUT2D eigenvalue weighted by Crippen LogP contribution is -2.47. The first-order valence-corrected chi connectivity index (χ1v) is 8.55. The van der Waals surface area contributed by atoms with Gasteiger partial charge >= 0.3 is 0 Å². The third-order valence-corrected chi connectivity index (χ3v) is 4.03. The second kappa shape index (κ2) is 11.8. The summed E-state index contributed by atoms with van der Waals surface area (Å²) in [6.07, 6.45) is 2.03. The third-order valence-electron chi connectivity index (χ3n) is 4.03. The van der Waals surface area contributed by atoms with E-state index in [2.05, 4.69) is 0 Å². The quantitative estimate of drug-likeness (QED) is 0.521. The van der Waals surface area contributed by atoms with Crippen LogP contribution in [0, 0.1) is 0 Å². The number of para-hydroxylation sites is 1. The summed E-state index contributed by atoms with van der Waals surface area (Å²) in [7, 11) is 0. The topological polar surface area (TPSA) is 84.9 Å². The summed E-state index contributed by atoms with van der Waals surface area (Å²) < 4.78 is 11.3. The van der Waals surface area contributed by atoms with Crippen LogP contribution in [0.5, 0.6) is 11.5 Å². The molecule has 6 heteroatoms. The Hall–Kier alpha value is -1.79. The maximum absolute atomic E-state index is 9.21. The largest absolute Gasteiger partial charge is 0.493 e. The first-order chi connectivity index (χ1) is 12.1. The molecule has 0 fully saturated rings. The minimum Gasteiger partial charge on any atom is -0.493 e. The summed E-state index contributed by atoms with van der Waals surface area (Å²) in [4.78, 5) is 0. The van der Waals surface area contributed by atoms with Crippen LogP contribution >= 0.6 is 12.4 Å². The molecular weight excluding hydrogens is 354 g/mol. The molecule has 0 heterocycles. The zero-order valence-corrected chi connectivity index (χ0v) is 15.7. The highest BCUT2D eigenvalue weighted by Crippen LogP contribution is 2.16. The Bertz CT molecular complexity index is 603. The van der Waals surface area contributed by atoms with E-state index in [9.17, 15) is 10.2 Å². The second-order valence-corrected chi connectivity index (χ2v) is 6.19. The van der Waals surface area contributed by atoms with Crippen LogP contribution < -0.4 is 15.2 Å². The van der Waals surface area contributed by atoms with Crippen molar-refractivity contribution in [2.45, 2.75) is 24.8 Å². The fourth-order valence-electron chi connectivity index (χ4n) is 2.31. The van der Waals surface area contributed by atoms with E-state index in [0.717, 1.165) is 23.5 Å². The summed E-state index contributed by atoms with van der Waals surface area (Å²) in [6.45, 7) is 0.752. The van der Waals surface area contributed by atoms with Gasteiger partial charge in [0.2, 0.25) is 0 Å². The molecule has 2 aromatic rings. The number of benzene rings is 2. The minimum atomic E-state index is -0.923. The Morgan fingerprint density at radius 1 is 0.808 bits per heavy atom. The number of hydrogen-bond donors (Lipinski definition) is 3. The molecule has 0 bridgehead atoms. The van der Waals surface area contributed by atoms with Crippen LogP contribution in [0.25, 0.3) is 0 Å². The number of ether oxygens (including phenoxy) is 2. The lowest BCUT2D eigenvalue weighted by Gasteiger charge is -2.24. The van der Waals surface area contributed by atoms with Gasteiger partial charge in [0.05, 0.1) is 32.0 Å². The molecule has 0 unspecified atom stereocenters. The maximum Gasteiger partial charge on any atom is 0.119 e. The summed E-state index contributed by atoms with van der Waals surface area (Å²) in [5.41, 5.74) is 6.05. The molecule has 0 aliphatic carbocycles. The Morgan fingerprint density at radius 2 is 1.35 bits per heavy atom. The molecule has 5 nitrogen and oxygen atoms in total. The smallest absolute Gasteiger partial charge is 0.119 e. The summed E-state index contributed by atoms with van der Waals surface area (Å²) >= 11 is 0. The molecule has 0 aliphatic heterocycles. The molecule has 26 heavy (non-hydrogen) atoms. The van der Waals surface area contributed by atoms with Crippen LogP contribution in [0.15, 0.2) is 54.6 Å². The van der Waals surface area contributed by atoms with Gasteiger partial charge in [-0.2, -0.15) is 0 Å². The predicted molar refractivity (Wildman–Crippen MR) is 105 cm³/mol. The van der Waals surface area contributed by atoms with Crippen molar-refractivity contribution in [2.75, 3.05) is 26.4 Å². The molecule has 0 saturated heterocycles. The van der Waals surface area contributed by atoms with Gasteiger partial charge in [0.1, 0.15) is 11.5 Å². The molecule has 0 amide bonds. The van der Waals surface area contributed by atoms with E-state index in [1.807, 2.05) is 54.6 Å². The second-order valence-electron chi connectivity index (χ2n) is 6.19. The van der Waals surface area contributed by atoms with Gasteiger partial charge in [-0.3, -0.25) is 0 Å². The van der Waals surface area contributed by atoms with E-state index >= 15 is 0 Å². The monoisotopic (exact) mass is 381 g/mol. The van der Waals surface area contributed by atoms with E-state index in [0.29, 0.717) is 26.1 Å². The normalized spacial score (nSPS) is 10.9. The average Bonchev–Trinajstić information content (AvgIpc) is 2.67. The number of aliphatic hydroxyl groups is 2. The molecule has 4 N–H and O–H groups in total. The fourth-order valence-corrected chi connectivity index (χ4v) is 2.31. The first kappa shape index (κ1) is 22.3. The number of hydrogen-bond acceptors (Lipinski definition) is 5. The van der Waals surface area contributed by atoms with Gasteiger partial charge in [-0.25, -0.2) is 0 Å². The van der Waals surface area contributed by atoms with Gasteiger partial charge in [0.25, 0.3) is 0 Å². The standard InChI is InChI=1S/C20H27NO4.ClH/c21-20(15-22,16-23)12-11-17-7-9-19(10-8-17)25-14-4-13-24-18-5-2-1-3-6-18;/h1-3,5-10,22-23H,4,11-16,21H2;1H. The molecule has 2 rings (SSSR count). The predicted octanol–water partition coefficient (Wildman–Crippen LogP) is 2.57. The van der Waals surface area contributed by atoms with Crippen molar-refractivity contribution in [2.24, 2.45) is 5.73 Å². The van der Waals surface area contributed by atoms with Crippen LogP contribution in [0.4, 0.5) is 0 Å². The lowest BCUT2D eigenvalue weighted by atomic mass is 9.94. The molecule has 0 atom stereocenters. The summed E-state index contributed by atoms with van der Waals surface area (Å²) in [5.74, 6) is 1.68. The molecule has 0 radical (unpaired) electrons. The van der Waals surface area contributed by atoms with Crippen LogP contribution in [0.1, 0.15) is 18.4 Å². The number of aliphatic hydroxyl groups excluding tert-OH is 2. The molecule has 144 valence electrons. The fraction of sp³-hybridized carbons (Fsp3) is 0.400. The minimum absolute atomic E-state index is 0. The van der Waals surface area contributed by atoms with Crippen molar-refractivity contribution in [3.05, 3.63) is 60.2 Å². The molecule has 0 saturated carbocycles. The summed E-state index contributed by atoms with van der Waals surface area (Å²) in [5, 5.41) is 18.4. The average molecular weight is 382 g/mol. The van der Waals surface area contributed by atoms with Crippen molar-refractivity contribution >= 4 is 12.4 Å².